The third-order valence-corrected chi connectivity index (χ3v) is 2.46. The van der Waals surface area contributed by atoms with Crippen molar-refractivity contribution in [2.45, 2.75) is 6.18 Å². The van der Waals surface area contributed by atoms with Crippen molar-refractivity contribution < 1.29 is 13.2 Å². The van der Waals surface area contributed by atoms with Crippen molar-refractivity contribution in [2.24, 2.45) is 9.98 Å². The summed E-state index contributed by atoms with van der Waals surface area (Å²) in [6, 6.07) is 0. The highest BCUT2D eigenvalue weighted by atomic mass is 79.9. The maximum Gasteiger partial charge on any atom is 0.434 e. The minimum absolute atomic E-state index is 0.0832. The first-order chi connectivity index (χ1) is 7.47. The SMILES string of the molecule is FC(F)(F)C1=NC(=C2C=C[C](Br)C=C2)N=C1. The number of rotatable bonds is 0. The van der Waals surface area contributed by atoms with E-state index in [1.165, 1.54) is 0 Å². The third-order valence-electron chi connectivity index (χ3n) is 1.93. The zero-order valence-electron chi connectivity index (χ0n) is 7.79. The highest BCUT2D eigenvalue weighted by molar-refractivity contribution is 9.11. The Labute approximate surface area is 98.1 Å². The monoisotopic (exact) mass is 289 g/mol. The Balaban J connectivity index is 2.31. The highest BCUT2D eigenvalue weighted by Crippen LogP contribution is 2.27. The van der Waals surface area contributed by atoms with Gasteiger partial charge in [-0.1, -0.05) is 40.2 Å². The Morgan fingerprint density at radius 3 is 2.19 bits per heavy atom. The molecule has 0 fully saturated rings. The van der Waals surface area contributed by atoms with Gasteiger partial charge in [0.05, 0.1) is 11.0 Å². The van der Waals surface area contributed by atoms with E-state index in [4.69, 9.17) is 0 Å². The lowest BCUT2D eigenvalue weighted by Gasteiger charge is -2.04. The lowest BCUT2D eigenvalue weighted by atomic mass is 10.1. The van der Waals surface area contributed by atoms with Crippen molar-refractivity contribution in [1.82, 2.24) is 0 Å². The first kappa shape index (κ1) is 11.3. The van der Waals surface area contributed by atoms with Crippen molar-refractivity contribution in [3.05, 3.63) is 40.5 Å². The molecule has 2 rings (SSSR count). The van der Waals surface area contributed by atoms with Gasteiger partial charge in [-0.15, -0.1) is 0 Å². The molecule has 1 aliphatic carbocycles. The molecular formula is C10H5BrF3N2. The van der Waals surface area contributed by atoms with Crippen molar-refractivity contribution in [3.63, 3.8) is 0 Å². The van der Waals surface area contributed by atoms with Crippen LogP contribution in [0.3, 0.4) is 0 Å². The van der Waals surface area contributed by atoms with E-state index >= 15 is 0 Å². The van der Waals surface area contributed by atoms with Gasteiger partial charge in [0.25, 0.3) is 0 Å². The Hall–Kier alpha value is -1.17. The standard InChI is InChI=1S/C10H5BrF3N2/c11-7-3-1-6(2-4-7)9-15-5-8(16-9)10(12,13)14/h1-5H. The van der Waals surface area contributed by atoms with E-state index in [1.807, 2.05) is 0 Å². The minimum atomic E-state index is -4.44. The fraction of sp³-hybridized carbons (Fsp3) is 0.100. The van der Waals surface area contributed by atoms with Gasteiger partial charge in [-0.2, -0.15) is 13.2 Å². The van der Waals surface area contributed by atoms with Gasteiger partial charge in [0.2, 0.25) is 0 Å². The topological polar surface area (TPSA) is 24.7 Å². The summed E-state index contributed by atoms with van der Waals surface area (Å²) in [6.07, 6.45) is 3.04. The highest BCUT2D eigenvalue weighted by Gasteiger charge is 2.36. The molecule has 2 nitrogen and oxygen atoms in total. The molecule has 0 saturated carbocycles. The van der Waals surface area contributed by atoms with E-state index in [1.54, 1.807) is 24.3 Å². The molecule has 83 valence electrons. The molecule has 6 heteroatoms. The fourth-order valence-corrected chi connectivity index (χ4v) is 1.43. The zero-order valence-corrected chi connectivity index (χ0v) is 9.38. The van der Waals surface area contributed by atoms with Gasteiger partial charge in [-0.05, 0) is 0 Å². The molecule has 0 saturated heterocycles. The van der Waals surface area contributed by atoms with Crippen LogP contribution in [0.1, 0.15) is 0 Å². The van der Waals surface area contributed by atoms with Crippen molar-refractivity contribution in [2.75, 3.05) is 0 Å². The van der Waals surface area contributed by atoms with Crippen LogP contribution in [0.15, 0.2) is 45.7 Å². The maximum atomic E-state index is 12.3. The Bertz CT molecular complexity index is 439. The Morgan fingerprint density at radius 2 is 1.69 bits per heavy atom. The molecule has 1 aliphatic heterocycles. The van der Waals surface area contributed by atoms with Gasteiger partial charge in [0.1, 0.15) is 0 Å². The van der Waals surface area contributed by atoms with Crippen LogP contribution in [0.4, 0.5) is 13.2 Å². The van der Waals surface area contributed by atoms with Crippen molar-refractivity contribution in [3.8, 4) is 0 Å². The molecule has 0 aromatic carbocycles. The first-order valence-electron chi connectivity index (χ1n) is 4.29. The van der Waals surface area contributed by atoms with Crippen LogP contribution in [0.2, 0.25) is 0 Å². The molecular weight excluding hydrogens is 285 g/mol. The normalized spacial score (nSPS) is 20.9. The second-order valence-electron chi connectivity index (χ2n) is 3.08. The number of hydrogen-bond donors (Lipinski definition) is 0. The molecule has 0 aromatic heterocycles. The Morgan fingerprint density at radius 1 is 1.06 bits per heavy atom. The van der Waals surface area contributed by atoms with Crippen LogP contribution in [-0.2, 0) is 0 Å². The van der Waals surface area contributed by atoms with Crippen LogP contribution in [0.25, 0.3) is 0 Å². The predicted octanol–water partition coefficient (Wildman–Crippen LogP) is 3.34. The fourth-order valence-electron chi connectivity index (χ4n) is 1.17. The Kier molecular flexibility index (Phi) is 2.84. The average Bonchev–Trinajstić information content (AvgIpc) is 2.67. The smallest absolute Gasteiger partial charge is 0.234 e. The molecule has 0 bridgehead atoms. The quantitative estimate of drug-likeness (QED) is 0.653. The minimum Gasteiger partial charge on any atom is -0.234 e. The molecule has 16 heavy (non-hydrogen) atoms. The van der Waals surface area contributed by atoms with Crippen LogP contribution in [-0.4, -0.2) is 18.1 Å². The van der Waals surface area contributed by atoms with E-state index in [0.29, 0.717) is 5.57 Å². The van der Waals surface area contributed by atoms with Gasteiger partial charge < -0.3 is 0 Å². The van der Waals surface area contributed by atoms with Crippen LogP contribution in [0, 0.1) is 4.83 Å². The summed E-state index contributed by atoms with van der Waals surface area (Å²) in [5.41, 5.74) is -0.413. The lowest BCUT2D eigenvalue weighted by Crippen LogP contribution is -2.22. The number of nitrogens with zero attached hydrogens (tertiary/aromatic N) is 2. The van der Waals surface area contributed by atoms with Gasteiger partial charge in [0, 0.05) is 5.57 Å². The third kappa shape index (κ3) is 2.32. The molecule has 0 aromatic rings. The lowest BCUT2D eigenvalue weighted by molar-refractivity contribution is -0.0562. The number of halogens is 4. The van der Waals surface area contributed by atoms with E-state index in [-0.39, 0.29) is 5.82 Å². The van der Waals surface area contributed by atoms with Crippen LogP contribution >= 0.6 is 15.9 Å². The maximum absolute atomic E-state index is 12.3. The molecule has 0 unspecified atom stereocenters. The van der Waals surface area contributed by atoms with Gasteiger partial charge in [-0.3, -0.25) is 0 Å². The van der Waals surface area contributed by atoms with E-state index in [9.17, 15) is 13.2 Å². The summed E-state index contributed by atoms with van der Waals surface area (Å²) in [7, 11) is 0. The summed E-state index contributed by atoms with van der Waals surface area (Å²) in [5.74, 6) is 0.0832. The molecule has 0 atom stereocenters. The molecule has 0 spiro atoms. The van der Waals surface area contributed by atoms with E-state index in [2.05, 4.69) is 25.9 Å². The largest absolute Gasteiger partial charge is 0.434 e. The molecule has 0 N–H and O–H groups in total. The summed E-state index contributed by atoms with van der Waals surface area (Å²) in [6.45, 7) is 0. The van der Waals surface area contributed by atoms with Crippen molar-refractivity contribution >= 4 is 27.9 Å². The van der Waals surface area contributed by atoms with Crippen LogP contribution < -0.4 is 0 Å². The summed E-state index contributed by atoms with van der Waals surface area (Å²) in [5, 5.41) is 0. The summed E-state index contributed by atoms with van der Waals surface area (Å²) in [4.78, 5) is 7.91. The van der Waals surface area contributed by atoms with E-state index in [0.717, 1.165) is 11.0 Å². The second-order valence-corrected chi connectivity index (χ2v) is 4.00. The predicted molar refractivity (Wildman–Crippen MR) is 59.5 cm³/mol. The first-order valence-corrected chi connectivity index (χ1v) is 5.09. The zero-order chi connectivity index (χ0) is 11.8. The average molecular weight is 290 g/mol. The van der Waals surface area contributed by atoms with Gasteiger partial charge in [-0.25, -0.2) is 9.98 Å². The molecule has 1 heterocycles. The molecule has 0 amide bonds. The number of hydrogen-bond acceptors (Lipinski definition) is 2. The number of alkyl halides is 3. The summed E-state index contributed by atoms with van der Waals surface area (Å²) < 4.78 is 36.8. The number of allylic oxidation sites excluding steroid dienone is 5. The summed E-state index contributed by atoms with van der Waals surface area (Å²) >= 11 is 3.23. The van der Waals surface area contributed by atoms with Crippen molar-refractivity contribution in [1.29, 1.82) is 0 Å². The molecule has 2 aliphatic rings. The van der Waals surface area contributed by atoms with Crippen LogP contribution in [0.5, 0.6) is 0 Å². The van der Waals surface area contributed by atoms with Gasteiger partial charge in [0.15, 0.2) is 11.5 Å². The van der Waals surface area contributed by atoms with E-state index < -0.39 is 11.9 Å². The van der Waals surface area contributed by atoms with Gasteiger partial charge >= 0.3 is 6.18 Å². The number of aliphatic imine (C=N–C) groups is 2. The second kappa shape index (κ2) is 4.01. The molecule has 1 radical (unpaired) electrons.